The Bertz CT molecular complexity index is 653. The Morgan fingerprint density at radius 3 is 2.67 bits per heavy atom. The van der Waals surface area contributed by atoms with E-state index in [1.54, 1.807) is 0 Å². The second kappa shape index (κ2) is 4.94. The molecule has 0 atom stereocenters. The van der Waals surface area contributed by atoms with E-state index < -0.39 is 0 Å². The van der Waals surface area contributed by atoms with Gasteiger partial charge in [0, 0.05) is 18.0 Å². The summed E-state index contributed by atoms with van der Waals surface area (Å²) >= 11 is 0. The van der Waals surface area contributed by atoms with Crippen LogP contribution in [0.2, 0.25) is 0 Å². The van der Waals surface area contributed by atoms with Crippen molar-refractivity contribution in [3.8, 4) is 11.3 Å². The highest BCUT2D eigenvalue weighted by molar-refractivity contribution is 5.66. The molecule has 0 aliphatic carbocycles. The van der Waals surface area contributed by atoms with Crippen LogP contribution in [0.5, 0.6) is 0 Å². The van der Waals surface area contributed by atoms with Gasteiger partial charge in [-0.15, -0.1) is 0 Å². The molecule has 0 fully saturated rings. The van der Waals surface area contributed by atoms with E-state index >= 15 is 0 Å². The number of imidazole rings is 1. The third kappa shape index (κ3) is 2.18. The van der Waals surface area contributed by atoms with Gasteiger partial charge in [0.15, 0.2) is 0 Å². The van der Waals surface area contributed by atoms with Crippen molar-refractivity contribution < 1.29 is 17.0 Å². The molecule has 3 aromatic rings. The van der Waals surface area contributed by atoms with E-state index in [0.717, 1.165) is 11.3 Å². The van der Waals surface area contributed by atoms with Crippen molar-refractivity contribution in [2.75, 3.05) is 0 Å². The minimum absolute atomic E-state index is 0. The topological polar surface area (TPSA) is 17.3 Å². The van der Waals surface area contributed by atoms with Crippen LogP contribution in [0.15, 0.2) is 48.8 Å². The molecular weight excluding hydrogens is 288 g/mol. The van der Waals surface area contributed by atoms with Crippen molar-refractivity contribution in [3.63, 3.8) is 0 Å². The lowest BCUT2D eigenvalue weighted by molar-refractivity contribution is -0.00000361. The van der Waals surface area contributed by atoms with Gasteiger partial charge in [0.25, 0.3) is 0 Å². The van der Waals surface area contributed by atoms with Crippen LogP contribution >= 0.6 is 0 Å². The lowest BCUT2D eigenvalue weighted by Crippen LogP contribution is -3.00. The number of aromatic nitrogens is 2. The first-order chi connectivity index (χ1) is 8.24. The SMILES string of the molecule is Cc1ccc(C)c(-c2cn3ccccc3n2)c1.[Br-]. The normalized spacial score (nSPS) is 10.3. The molecule has 0 radical (unpaired) electrons. The van der Waals surface area contributed by atoms with Crippen LogP contribution in [0, 0.1) is 13.8 Å². The Morgan fingerprint density at radius 2 is 1.89 bits per heavy atom. The van der Waals surface area contributed by atoms with Gasteiger partial charge in [0.05, 0.1) is 5.69 Å². The first-order valence-corrected chi connectivity index (χ1v) is 5.75. The third-order valence-corrected chi connectivity index (χ3v) is 3.03. The molecule has 0 unspecified atom stereocenters. The first-order valence-electron chi connectivity index (χ1n) is 5.75. The van der Waals surface area contributed by atoms with Crippen molar-refractivity contribution in [2.24, 2.45) is 0 Å². The van der Waals surface area contributed by atoms with Gasteiger partial charge in [-0.05, 0) is 37.6 Å². The van der Waals surface area contributed by atoms with Crippen LogP contribution in [0.25, 0.3) is 16.9 Å². The fraction of sp³-hybridized carbons (Fsp3) is 0.133. The molecule has 18 heavy (non-hydrogen) atoms. The number of pyridine rings is 1. The summed E-state index contributed by atoms with van der Waals surface area (Å²) in [7, 11) is 0. The monoisotopic (exact) mass is 301 g/mol. The van der Waals surface area contributed by atoms with Gasteiger partial charge < -0.3 is 21.4 Å². The molecule has 0 amide bonds. The molecule has 2 nitrogen and oxygen atoms in total. The van der Waals surface area contributed by atoms with Crippen molar-refractivity contribution >= 4 is 5.65 Å². The maximum atomic E-state index is 4.65. The van der Waals surface area contributed by atoms with Crippen LogP contribution in [0.3, 0.4) is 0 Å². The quantitative estimate of drug-likeness (QED) is 0.644. The summed E-state index contributed by atoms with van der Waals surface area (Å²) in [6, 6.07) is 12.5. The van der Waals surface area contributed by atoms with Crippen LogP contribution in [0.4, 0.5) is 0 Å². The summed E-state index contributed by atoms with van der Waals surface area (Å²) in [5.41, 5.74) is 5.77. The number of fused-ring (bicyclic) bond motifs is 1. The summed E-state index contributed by atoms with van der Waals surface area (Å²) in [5.74, 6) is 0. The standard InChI is InChI=1S/C15H14N2.BrH/c1-11-6-7-12(2)13(9-11)14-10-17-8-4-3-5-15(17)16-14;/h3-10H,1-2H3;1H/p-1. The zero-order valence-electron chi connectivity index (χ0n) is 10.4. The molecule has 0 bridgehead atoms. The summed E-state index contributed by atoms with van der Waals surface area (Å²) < 4.78 is 2.05. The lowest BCUT2D eigenvalue weighted by Gasteiger charge is -2.03. The molecular formula is C15H14BrN2-. The zero-order chi connectivity index (χ0) is 11.8. The Kier molecular flexibility index (Phi) is 3.53. The Labute approximate surface area is 117 Å². The van der Waals surface area contributed by atoms with E-state index in [1.807, 2.05) is 24.4 Å². The van der Waals surface area contributed by atoms with Gasteiger partial charge in [-0.25, -0.2) is 4.98 Å². The third-order valence-electron chi connectivity index (χ3n) is 3.03. The summed E-state index contributed by atoms with van der Waals surface area (Å²) in [4.78, 5) is 4.65. The predicted molar refractivity (Wildman–Crippen MR) is 70.1 cm³/mol. The van der Waals surface area contributed by atoms with Crippen molar-refractivity contribution in [1.29, 1.82) is 0 Å². The highest BCUT2D eigenvalue weighted by Crippen LogP contribution is 2.23. The minimum atomic E-state index is 0. The van der Waals surface area contributed by atoms with Crippen molar-refractivity contribution in [2.45, 2.75) is 13.8 Å². The number of hydrogen-bond donors (Lipinski definition) is 0. The van der Waals surface area contributed by atoms with Crippen molar-refractivity contribution in [1.82, 2.24) is 9.38 Å². The van der Waals surface area contributed by atoms with Crippen LogP contribution in [-0.2, 0) is 0 Å². The number of benzene rings is 1. The molecule has 2 aromatic heterocycles. The highest BCUT2D eigenvalue weighted by Gasteiger charge is 2.06. The van der Waals surface area contributed by atoms with E-state index in [2.05, 4.69) is 47.6 Å². The number of rotatable bonds is 1. The first kappa shape index (κ1) is 12.8. The average molecular weight is 302 g/mol. The smallest absolute Gasteiger partial charge is 0.137 e. The largest absolute Gasteiger partial charge is 1.00 e. The molecule has 0 aliphatic heterocycles. The second-order valence-electron chi connectivity index (χ2n) is 4.41. The molecule has 92 valence electrons. The lowest BCUT2D eigenvalue weighted by atomic mass is 10.0. The zero-order valence-corrected chi connectivity index (χ0v) is 12.0. The van der Waals surface area contributed by atoms with E-state index in [1.165, 1.54) is 16.7 Å². The predicted octanol–water partition coefficient (Wildman–Crippen LogP) is 0.622. The van der Waals surface area contributed by atoms with Gasteiger partial charge in [-0.2, -0.15) is 0 Å². The van der Waals surface area contributed by atoms with Crippen molar-refractivity contribution in [3.05, 3.63) is 59.9 Å². The van der Waals surface area contributed by atoms with Gasteiger partial charge >= 0.3 is 0 Å². The molecule has 0 aliphatic rings. The number of halogens is 1. The van der Waals surface area contributed by atoms with Crippen LogP contribution in [0.1, 0.15) is 11.1 Å². The molecule has 1 aromatic carbocycles. The Morgan fingerprint density at radius 1 is 1.06 bits per heavy atom. The maximum absolute atomic E-state index is 4.65. The van der Waals surface area contributed by atoms with E-state index in [0.29, 0.717) is 0 Å². The number of nitrogens with zero attached hydrogens (tertiary/aromatic N) is 2. The van der Waals surface area contributed by atoms with Crippen LogP contribution < -0.4 is 17.0 Å². The molecule has 0 saturated heterocycles. The Hall–Kier alpha value is -1.61. The molecule has 2 heterocycles. The van der Waals surface area contributed by atoms with Gasteiger partial charge in [-0.1, -0.05) is 23.8 Å². The molecule has 0 N–H and O–H groups in total. The number of hydrogen-bond acceptors (Lipinski definition) is 1. The highest BCUT2D eigenvalue weighted by atomic mass is 79.9. The number of aryl methyl sites for hydroxylation is 2. The fourth-order valence-corrected chi connectivity index (χ4v) is 2.08. The minimum Gasteiger partial charge on any atom is -1.00 e. The Balaban J connectivity index is 0.00000120. The van der Waals surface area contributed by atoms with Gasteiger partial charge in [-0.3, -0.25) is 0 Å². The summed E-state index contributed by atoms with van der Waals surface area (Å²) in [6.07, 6.45) is 4.11. The fourth-order valence-electron chi connectivity index (χ4n) is 2.08. The average Bonchev–Trinajstić information content (AvgIpc) is 2.75. The summed E-state index contributed by atoms with van der Waals surface area (Å²) in [6.45, 7) is 4.23. The van der Waals surface area contributed by atoms with E-state index in [-0.39, 0.29) is 17.0 Å². The van der Waals surface area contributed by atoms with Gasteiger partial charge in [0.1, 0.15) is 5.65 Å². The molecule has 0 saturated carbocycles. The summed E-state index contributed by atoms with van der Waals surface area (Å²) in [5, 5.41) is 0. The van der Waals surface area contributed by atoms with E-state index in [4.69, 9.17) is 0 Å². The van der Waals surface area contributed by atoms with Gasteiger partial charge in [0.2, 0.25) is 0 Å². The van der Waals surface area contributed by atoms with E-state index in [9.17, 15) is 0 Å². The molecule has 3 rings (SSSR count). The molecule has 0 spiro atoms. The maximum Gasteiger partial charge on any atom is 0.137 e. The van der Waals surface area contributed by atoms with Crippen LogP contribution in [-0.4, -0.2) is 9.38 Å². The molecule has 3 heteroatoms. The second-order valence-corrected chi connectivity index (χ2v) is 4.41.